The summed E-state index contributed by atoms with van der Waals surface area (Å²) in [5.41, 5.74) is 6.85. The van der Waals surface area contributed by atoms with Crippen LogP contribution in [0, 0.1) is 0 Å². The molecule has 0 aliphatic rings. The average molecular weight is 736 g/mol. The van der Waals surface area contributed by atoms with Gasteiger partial charge in [-0.1, -0.05) is 48.5 Å². The van der Waals surface area contributed by atoms with Gasteiger partial charge < -0.3 is 47.1 Å². The van der Waals surface area contributed by atoms with Gasteiger partial charge in [0.05, 0.1) is 6.42 Å². The Morgan fingerprint density at radius 3 is 2.02 bits per heavy atom. The molecule has 1 aromatic heterocycles. The number of aromatic nitrogens is 1. The summed E-state index contributed by atoms with van der Waals surface area (Å²) in [5.74, 6) is -5.14. The molecule has 0 radical (unpaired) electrons. The summed E-state index contributed by atoms with van der Waals surface area (Å²) in [4.78, 5) is 92.5. The number of alkyl carbamates (subject to hydrolysis) is 1. The topological polar surface area (TPSA) is 251 Å². The Labute approximate surface area is 307 Å². The Balaban J connectivity index is 1.86. The van der Waals surface area contributed by atoms with E-state index in [0.717, 1.165) is 10.9 Å². The van der Waals surface area contributed by atoms with E-state index in [0.29, 0.717) is 30.5 Å². The monoisotopic (exact) mass is 735 g/mol. The van der Waals surface area contributed by atoms with Crippen molar-refractivity contribution >= 4 is 52.5 Å². The predicted octanol–water partition coefficient (Wildman–Crippen LogP) is 1.57. The number of carbonyl (C=O) groups excluding carboxylic acids is 6. The summed E-state index contributed by atoms with van der Waals surface area (Å²) in [6, 6.07) is 10.7. The van der Waals surface area contributed by atoms with Crippen LogP contribution in [0.3, 0.4) is 0 Å². The Kier molecular flexibility index (Phi) is 15.4. The molecule has 16 nitrogen and oxygen atoms in total. The standard InChI is InChI=1S/C37H49N7O9/c1-22(45)39-17-11-10-16-27(33(49)43-30(20-31(46)47)35(51)42-28(32(38)48)18-23-12-6-5-7-13-23)41-34(50)29(44-36(52)53-37(2,3)4)19-24-21-40-26-15-9-8-14-25(24)26/h5-9,12-15,21,27-30,40H,10-11,16-20H2,1-4H3,(H2,38,48)(H,39,45)(H,41,50)(H,42,51)(H,43,49)(H,44,52)(H,46,47)/t27-,28-,29-,30-/m0/s1. The number of nitrogens with two attached hydrogens (primary N) is 1. The van der Waals surface area contributed by atoms with Gasteiger partial charge in [0.1, 0.15) is 29.8 Å². The maximum absolute atomic E-state index is 13.9. The van der Waals surface area contributed by atoms with Crippen molar-refractivity contribution in [1.82, 2.24) is 31.6 Å². The van der Waals surface area contributed by atoms with Gasteiger partial charge in [-0.25, -0.2) is 4.79 Å². The van der Waals surface area contributed by atoms with Crippen LogP contribution in [0.4, 0.5) is 4.79 Å². The molecule has 0 aliphatic carbocycles. The number of fused-ring (bicyclic) bond motifs is 1. The van der Waals surface area contributed by atoms with Crippen LogP contribution in [0.15, 0.2) is 60.8 Å². The molecular formula is C37H49N7O9. The van der Waals surface area contributed by atoms with Crippen molar-refractivity contribution < 1.29 is 43.4 Å². The quantitative estimate of drug-likeness (QED) is 0.0831. The molecule has 9 N–H and O–H groups in total. The number of rotatable bonds is 19. The van der Waals surface area contributed by atoms with Crippen molar-refractivity contribution in [2.45, 2.75) is 96.0 Å². The van der Waals surface area contributed by atoms with Crippen LogP contribution in [0.25, 0.3) is 10.9 Å². The molecule has 0 unspecified atom stereocenters. The molecule has 6 amide bonds. The highest BCUT2D eigenvalue weighted by molar-refractivity contribution is 5.96. The zero-order chi connectivity index (χ0) is 39.1. The van der Waals surface area contributed by atoms with E-state index in [1.807, 2.05) is 24.3 Å². The maximum Gasteiger partial charge on any atom is 0.408 e. The predicted molar refractivity (Wildman–Crippen MR) is 195 cm³/mol. The summed E-state index contributed by atoms with van der Waals surface area (Å²) in [7, 11) is 0. The number of H-pyrrole nitrogens is 1. The third kappa shape index (κ3) is 14.3. The third-order valence-corrected chi connectivity index (χ3v) is 7.99. The fraction of sp³-hybridized carbons (Fsp3) is 0.432. The number of nitrogens with one attached hydrogen (secondary N) is 6. The summed E-state index contributed by atoms with van der Waals surface area (Å²) in [5, 5.41) is 23.2. The lowest BCUT2D eigenvalue weighted by molar-refractivity contribution is -0.141. The number of benzene rings is 2. The van der Waals surface area contributed by atoms with Gasteiger partial charge in [-0.2, -0.15) is 0 Å². The van der Waals surface area contributed by atoms with Gasteiger partial charge in [0.25, 0.3) is 0 Å². The number of hydrogen-bond donors (Lipinski definition) is 8. The van der Waals surface area contributed by atoms with Crippen LogP contribution in [0.5, 0.6) is 0 Å². The van der Waals surface area contributed by atoms with E-state index in [4.69, 9.17) is 10.5 Å². The van der Waals surface area contributed by atoms with Crippen molar-refractivity contribution in [3.8, 4) is 0 Å². The molecule has 53 heavy (non-hydrogen) atoms. The highest BCUT2D eigenvalue weighted by atomic mass is 16.6. The van der Waals surface area contributed by atoms with E-state index in [-0.39, 0.29) is 25.2 Å². The molecule has 16 heteroatoms. The van der Waals surface area contributed by atoms with Gasteiger partial charge in [0.2, 0.25) is 29.5 Å². The Hall–Kier alpha value is -5.93. The SMILES string of the molecule is CC(=O)NCCCC[C@H](NC(=O)[C@H](Cc1c[nH]c2ccccc12)NC(=O)OC(C)(C)C)C(=O)N[C@@H](CC(=O)O)C(=O)N[C@@H](Cc1ccccc1)C(N)=O. The van der Waals surface area contributed by atoms with Gasteiger partial charge in [-0.3, -0.25) is 28.8 Å². The van der Waals surface area contributed by atoms with Gasteiger partial charge in [0.15, 0.2) is 0 Å². The molecule has 0 bridgehead atoms. The lowest BCUT2D eigenvalue weighted by atomic mass is 10.0. The Morgan fingerprint density at radius 1 is 0.774 bits per heavy atom. The van der Waals surface area contributed by atoms with Gasteiger partial charge in [0, 0.05) is 43.4 Å². The first-order valence-electron chi connectivity index (χ1n) is 17.3. The highest BCUT2D eigenvalue weighted by Crippen LogP contribution is 2.20. The lowest BCUT2D eigenvalue weighted by Gasteiger charge is -2.26. The molecule has 3 rings (SSSR count). The van der Waals surface area contributed by atoms with Crippen LogP contribution >= 0.6 is 0 Å². The Morgan fingerprint density at radius 2 is 1.38 bits per heavy atom. The molecule has 1 heterocycles. The van der Waals surface area contributed by atoms with Crippen molar-refractivity contribution in [3.63, 3.8) is 0 Å². The zero-order valence-electron chi connectivity index (χ0n) is 30.3. The number of para-hydroxylation sites is 1. The fourth-order valence-electron chi connectivity index (χ4n) is 5.46. The number of unbranched alkanes of at least 4 members (excludes halogenated alkanes) is 1. The minimum atomic E-state index is -1.65. The number of amides is 6. The number of hydrogen-bond acceptors (Lipinski definition) is 8. The number of primary amides is 1. The van der Waals surface area contributed by atoms with E-state index < -0.39 is 71.9 Å². The number of aromatic amines is 1. The summed E-state index contributed by atoms with van der Waals surface area (Å²) < 4.78 is 5.41. The number of aliphatic carboxylic acids is 1. The second-order valence-corrected chi connectivity index (χ2v) is 13.6. The minimum Gasteiger partial charge on any atom is -0.481 e. The summed E-state index contributed by atoms with van der Waals surface area (Å²) >= 11 is 0. The normalized spacial score (nSPS) is 13.4. The largest absolute Gasteiger partial charge is 0.481 e. The van der Waals surface area contributed by atoms with Gasteiger partial charge >= 0.3 is 12.1 Å². The van der Waals surface area contributed by atoms with E-state index >= 15 is 0 Å². The van der Waals surface area contributed by atoms with Gasteiger partial charge in [-0.15, -0.1) is 0 Å². The van der Waals surface area contributed by atoms with Crippen LogP contribution in [-0.4, -0.2) is 88.0 Å². The third-order valence-electron chi connectivity index (χ3n) is 7.99. The molecule has 2 aromatic carbocycles. The zero-order valence-corrected chi connectivity index (χ0v) is 30.3. The van der Waals surface area contributed by atoms with E-state index in [1.165, 1.54) is 6.92 Å². The van der Waals surface area contributed by atoms with Gasteiger partial charge in [-0.05, 0) is 57.2 Å². The molecule has 286 valence electrons. The second-order valence-electron chi connectivity index (χ2n) is 13.6. The maximum atomic E-state index is 13.9. The van der Waals surface area contributed by atoms with Crippen molar-refractivity contribution in [2.24, 2.45) is 5.73 Å². The second kappa shape index (κ2) is 19.6. The van der Waals surface area contributed by atoms with E-state index in [1.54, 1.807) is 57.3 Å². The molecule has 0 saturated heterocycles. The van der Waals surface area contributed by atoms with Crippen molar-refractivity contribution in [2.75, 3.05) is 6.54 Å². The molecule has 0 spiro atoms. The first-order chi connectivity index (χ1) is 25.0. The molecule has 4 atom stereocenters. The number of ether oxygens (including phenoxy) is 1. The number of carbonyl (C=O) groups is 7. The lowest BCUT2D eigenvalue weighted by Crippen LogP contribution is -2.59. The van der Waals surface area contributed by atoms with Crippen LogP contribution in [0.1, 0.15) is 64.5 Å². The smallest absolute Gasteiger partial charge is 0.408 e. The van der Waals surface area contributed by atoms with Crippen LogP contribution < -0.4 is 32.3 Å². The first-order valence-corrected chi connectivity index (χ1v) is 17.3. The van der Waals surface area contributed by atoms with Crippen LogP contribution in [0.2, 0.25) is 0 Å². The molecule has 0 saturated carbocycles. The molecule has 3 aromatic rings. The first kappa shape index (κ1) is 41.5. The Bertz CT molecular complexity index is 1750. The fourth-order valence-corrected chi connectivity index (χ4v) is 5.46. The van der Waals surface area contributed by atoms with Crippen LogP contribution in [-0.2, 0) is 46.3 Å². The number of carboxylic acids is 1. The molecular weight excluding hydrogens is 686 g/mol. The van der Waals surface area contributed by atoms with Crippen molar-refractivity contribution in [1.29, 1.82) is 0 Å². The van der Waals surface area contributed by atoms with E-state index in [2.05, 4.69) is 31.6 Å². The number of carboxylic acid groups (broad SMARTS) is 1. The van der Waals surface area contributed by atoms with E-state index in [9.17, 15) is 38.7 Å². The average Bonchev–Trinajstić information content (AvgIpc) is 3.48. The molecule has 0 fully saturated rings. The van der Waals surface area contributed by atoms with Crippen molar-refractivity contribution in [3.05, 3.63) is 71.9 Å². The molecule has 0 aliphatic heterocycles. The highest BCUT2D eigenvalue weighted by Gasteiger charge is 2.33. The summed E-state index contributed by atoms with van der Waals surface area (Å²) in [6.07, 6.45) is 0.780. The summed E-state index contributed by atoms with van der Waals surface area (Å²) in [6.45, 7) is 6.65. The minimum absolute atomic E-state index is 0.00588.